The molecule has 2 heterocycles. The van der Waals surface area contributed by atoms with E-state index >= 15 is 0 Å². The predicted molar refractivity (Wildman–Crippen MR) is 77.1 cm³/mol. The van der Waals surface area contributed by atoms with Crippen molar-refractivity contribution in [2.24, 2.45) is 0 Å². The average Bonchev–Trinajstić information content (AvgIpc) is 2.49. The summed E-state index contributed by atoms with van der Waals surface area (Å²) in [5.41, 5.74) is 1.05. The van der Waals surface area contributed by atoms with Crippen LogP contribution in [0, 0.1) is 0 Å². The van der Waals surface area contributed by atoms with Gasteiger partial charge in [0.15, 0.2) is 11.5 Å². The van der Waals surface area contributed by atoms with E-state index < -0.39 is 0 Å². The lowest BCUT2D eigenvalue weighted by Crippen LogP contribution is -2.42. The summed E-state index contributed by atoms with van der Waals surface area (Å²) in [5.74, 6) is 2.00. The Morgan fingerprint density at radius 2 is 2.05 bits per heavy atom. The van der Waals surface area contributed by atoms with Gasteiger partial charge in [0.25, 0.3) is 0 Å². The molecule has 0 bridgehead atoms. The molecule has 0 spiro atoms. The third-order valence-corrected chi connectivity index (χ3v) is 3.96. The van der Waals surface area contributed by atoms with Gasteiger partial charge in [-0.15, -0.1) is 0 Å². The fraction of sp³-hybridized carbons (Fsp3) is 0.571. The van der Waals surface area contributed by atoms with E-state index in [4.69, 9.17) is 25.8 Å². The molecule has 1 aromatic rings. The van der Waals surface area contributed by atoms with Crippen LogP contribution >= 0.6 is 11.6 Å². The van der Waals surface area contributed by atoms with Crippen molar-refractivity contribution in [2.75, 3.05) is 46.5 Å². The smallest absolute Gasteiger partial charge is 0.183 e. The Morgan fingerprint density at radius 1 is 1.30 bits per heavy atom. The van der Waals surface area contributed by atoms with Crippen molar-refractivity contribution in [1.82, 2.24) is 10.2 Å². The maximum absolute atomic E-state index is 6.39. The van der Waals surface area contributed by atoms with E-state index in [1.54, 1.807) is 7.11 Å². The van der Waals surface area contributed by atoms with Crippen LogP contribution < -0.4 is 19.5 Å². The Hall–Kier alpha value is -1.17. The highest BCUT2D eigenvalue weighted by Crippen LogP contribution is 2.45. The van der Waals surface area contributed by atoms with Crippen LogP contribution in [0.25, 0.3) is 0 Å². The van der Waals surface area contributed by atoms with Gasteiger partial charge in [0.2, 0.25) is 0 Å². The molecule has 5 nitrogen and oxygen atoms in total. The summed E-state index contributed by atoms with van der Waals surface area (Å²) in [7, 11) is 1.64. The predicted octanol–water partition coefficient (Wildman–Crippen LogP) is 1.52. The largest absolute Gasteiger partial charge is 0.495 e. The number of rotatable bonds is 3. The van der Waals surface area contributed by atoms with Crippen LogP contribution in [0.1, 0.15) is 5.56 Å². The molecule has 1 N–H and O–H groups in total. The first-order valence-corrected chi connectivity index (χ1v) is 7.25. The van der Waals surface area contributed by atoms with Gasteiger partial charge < -0.3 is 19.5 Å². The standard InChI is InChI=1S/C14H19ClN2O3/c1-18-13-10(9-17-4-2-16-3-5-17)8-11-14(12(13)15)20-7-6-19-11/h8,16H,2-7,9H2,1H3. The van der Waals surface area contributed by atoms with Crippen LogP contribution in [-0.2, 0) is 6.54 Å². The zero-order valence-electron chi connectivity index (χ0n) is 11.6. The Balaban J connectivity index is 1.90. The molecule has 0 aromatic heterocycles. The van der Waals surface area contributed by atoms with Crippen molar-refractivity contribution in [3.63, 3.8) is 0 Å². The Morgan fingerprint density at radius 3 is 2.80 bits per heavy atom. The molecule has 0 radical (unpaired) electrons. The average molecular weight is 299 g/mol. The Kier molecular flexibility index (Phi) is 4.19. The highest BCUT2D eigenvalue weighted by atomic mass is 35.5. The molecule has 3 rings (SSSR count). The van der Waals surface area contributed by atoms with Gasteiger partial charge in [0.1, 0.15) is 24.0 Å². The summed E-state index contributed by atoms with van der Waals surface area (Å²) in [6, 6.07) is 1.99. The third kappa shape index (κ3) is 2.66. The third-order valence-electron chi connectivity index (χ3n) is 3.61. The van der Waals surface area contributed by atoms with Crippen molar-refractivity contribution < 1.29 is 14.2 Å². The molecule has 0 atom stereocenters. The lowest BCUT2D eigenvalue weighted by Gasteiger charge is -2.29. The minimum Gasteiger partial charge on any atom is -0.495 e. The quantitative estimate of drug-likeness (QED) is 0.917. The first-order valence-electron chi connectivity index (χ1n) is 6.87. The van der Waals surface area contributed by atoms with Crippen molar-refractivity contribution >= 4 is 11.6 Å². The highest BCUT2D eigenvalue weighted by Gasteiger charge is 2.24. The first-order chi connectivity index (χ1) is 9.79. The highest BCUT2D eigenvalue weighted by molar-refractivity contribution is 6.34. The van der Waals surface area contributed by atoms with Crippen LogP contribution in [0.15, 0.2) is 6.07 Å². The number of methoxy groups -OCH3 is 1. The van der Waals surface area contributed by atoms with E-state index in [9.17, 15) is 0 Å². The Bertz CT molecular complexity index is 490. The Labute approximate surface area is 123 Å². The van der Waals surface area contributed by atoms with Gasteiger partial charge in [0.05, 0.1) is 7.11 Å². The number of piperazine rings is 1. The number of fused-ring (bicyclic) bond motifs is 1. The second-order valence-corrected chi connectivity index (χ2v) is 5.31. The maximum Gasteiger partial charge on any atom is 0.183 e. The molecule has 0 saturated carbocycles. The molecule has 2 aliphatic rings. The number of nitrogens with zero attached hydrogens (tertiary/aromatic N) is 1. The molecule has 20 heavy (non-hydrogen) atoms. The summed E-state index contributed by atoms with van der Waals surface area (Å²) in [5, 5.41) is 3.86. The molecule has 2 aliphatic heterocycles. The van der Waals surface area contributed by atoms with Gasteiger partial charge in [-0.1, -0.05) is 11.6 Å². The second-order valence-electron chi connectivity index (χ2n) is 4.93. The van der Waals surface area contributed by atoms with Crippen molar-refractivity contribution in [2.45, 2.75) is 6.54 Å². The minimum absolute atomic E-state index is 0.509. The summed E-state index contributed by atoms with van der Waals surface area (Å²) in [6.07, 6.45) is 0. The summed E-state index contributed by atoms with van der Waals surface area (Å²) in [6.45, 7) is 5.96. The lowest BCUT2D eigenvalue weighted by molar-refractivity contribution is 0.169. The summed E-state index contributed by atoms with van der Waals surface area (Å²) in [4.78, 5) is 2.38. The van der Waals surface area contributed by atoms with E-state index in [-0.39, 0.29) is 0 Å². The van der Waals surface area contributed by atoms with Gasteiger partial charge in [0, 0.05) is 38.3 Å². The second kappa shape index (κ2) is 6.08. The van der Waals surface area contributed by atoms with Crippen LogP contribution in [0.4, 0.5) is 0 Å². The molecule has 1 fully saturated rings. The van der Waals surface area contributed by atoms with E-state index in [1.165, 1.54) is 0 Å². The van der Waals surface area contributed by atoms with Crippen LogP contribution in [0.2, 0.25) is 5.02 Å². The summed E-state index contributed by atoms with van der Waals surface area (Å²) >= 11 is 6.39. The van der Waals surface area contributed by atoms with E-state index in [0.717, 1.165) is 38.3 Å². The van der Waals surface area contributed by atoms with Crippen molar-refractivity contribution in [1.29, 1.82) is 0 Å². The fourth-order valence-electron chi connectivity index (χ4n) is 2.63. The summed E-state index contributed by atoms with van der Waals surface area (Å²) < 4.78 is 16.7. The number of hydrogen-bond acceptors (Lipinski definition) is 5. The number of nitrogens with one attached hydrogen (secondary N) is 1. The van der Waals surface area contributed by atoms with Gasteiger partial charge in [-0.25, -0.2) is 0 Å². The fourth-order valence-corrected chi connectivity index (χ4v) is 2.97. The van der Waals surface area contributed by atoms with Crippen LogP contribution in [0.5, 0.6) is 17.2 Å². The van der Waals surface area contributed by atoms with Crippen molar-refractivity contribution in [3.05, 3.63) is 16.7 Å². The number of ether oxygens (including phenoxy) is 3. The molecule has 6 heteroatoms. The molecule has 1 saturated heterocycles. The molecular formula is C14H19ClN2O3. The molecule has 110 valence electrons. The maximum atomic E-state index is 6.39. The molecule has 0 aliphatic carbocycles. The van der Waals surface area contributed by atoms with E-state index in [0.29, 0.717) is 35.5 Å². The van der Waals surface area contributed by atoms with Gasteiger partial charge in [-0.2, -0.15) is 0 Å². The van der Waals surface area contributed by atoms with Gasteiger partial charge in [-0.3, -0.25) is 4.90 Å². The van der Waals surface area contributed by atoms with Gasteiger partial charge >= 0.3 is 0 Å². The van der Waals surface area contributed by atoms with Crippen LogP contribution in [0.3, 0.4) is 0 Å². The first kappa shape index (κ1) is 13.8. The molecule has 0 unspecified atom stereocenters. The zero-order chi connectivity index (χ0) is 13.9. The van der Waals surface area contributed by atoms with Crippen LogP contribution in [-0.4, -0.2) is 51.4 Å². The number of benzene rings is 1. The minimum atomic E-state index is 0.509. The molecule has 1 aromatic carbocycles. The molecular weight excluding hydrogens is 280 g/mol. The zero-order valence-corrected chi connectivity index (χ0v) is 12.3. The van der Waals surface area contributed by atoms with E-state index in [2.05, 4.69) is 10.2 Å². The number of hydrogen-bond donors (Lipinski definition) is 1. The van der Waals surface area contributed by atoms with Gasteiger partial charge in [-0.05, 0) is 6.07 Å². The van der Waals surface area contributed by atoms with E-state index in [1.807, 2.05) is 6.07 Å². The van der Waals surface area contributed by atoms with Crippen molar-refractivity contribution in [3.8, 4) is 17.2 Å². The SMILES string of the molecule is COc1c(CN2CCNCC2)cc2c(c1Cl)OCCO2. The monoisotopic (exact) mass is 298 g/mol. The number of halogens is 1. The molecule has 0 amide bonds. The topological polar surface area (TPSA) is 43.0 Å². The normalized spacial score (nSPS) is 18.9. The lowest BCUT2D eigenvalue weighted by atomic mass is 10.1.